The van der Waals surface area contributed by atoms with Crippen LogP contribution in [0, 0.1) is 0 Å². The Balaban J connectivity index is 2.82. The van der Waals surface area contributed by atoms with E-state index in [4.69, 9.17) is 0 Å². The first kappa shape index (κ1) is 7.42. The topological polar surface area (TPSA) is 47.3 Å². The van der Waals surface area contributed by atoms with Crippen molar-refractivity contribution in [1.29, 1.82) is 0 Å². The molecule has 2 heterocycles. The third-order valence-electron chi connectivity index (χ3n) is 1.47. The van der Waals surface area contributed by atoms with E-state index < -0.39 is 0 Å². The molecule has 0 bridgehead atoms. The Morgan fingerprint density at radius 2 is 2.42 bits per heavy atom. The zero-order chi connectivity index (χ0) is 8.55. The van der Waals surface area contributed by atoms with Gasteiger partial charge in [0, 0.05) is 18.6 Å². The predicted molar refractivity (Wildman–Crippen MR) is 46.1 cm³/mol. The van der Waals surface area contributed by atoms with Crippen molar-refractivity contribution < 1.29 is 4.79 Å². The number of carbonyl (C=O) groups excluding carboxylic acids is 1. The van der Waals surface area contributed by atoms with Gasteiger partial charge in [0.25, 0.3) is 0 Å². The van der Waals surface area contributed by atoms with E-state index >= 15 is 0 Å². The minimum atomic E-state index is 0.406. The van der Waals surface area contributed by atoms with Crippen LogP contribution in [0.5, 0.6) is 0 Å². The van der Waals surface area contributed by atoms with Crippen LogP contribution in [0.4, 0.5) is 0 Å². The lowest BCUT2D eigenvalue weighted by atomic mass is 10.5. The summed E-state index contributed by atoms with van der Waals surface area (Å²) in [6.45, 7) is 0. The minimum absolute atomic E-state index is 0.406. The lowest BCUT2D eigenvalue weighted by Gasteiger charge is -1.91. The summed E-state index contributed by atoms with van der Waals surface area (Å²) in [7, 11) is 0. The summed E-state index contributed by atoms with van der Waals surface area (Å²) in [5, 5.41) is 0. The van der Waals surface area contributed by atoms with Crippen LogP contribution in [0.25, 0.3) is 5.65 Å². The van der Waals surface area contributed by atoms with Crippen LogP contribution < -0.4 is 0 Å². The average Bonchev–Trinajstić information content (AvgIpc) is 2.49. The van der Waals surface area contributed by atoms with E-state index in [9.17, 15) is 4.79 Å². The van der Waals surface area contributed by atoms with Crippen molar-refractivity contribution in [3.63, 3.8) is 0 Å². The van der Waals surface area contributed by atoms with Gasteiger partial charge in [-0.25, -0.2) is 9.97 Å². The number of fused-ring (bicyclic) bond motifs is 1. The molecule has 0 spiro atoms. The van der Waals surface area contributed by atoms with Gasteiger partial charge in [0.15, 0.2) is 11.9 Å². The number of hydrogen-bond acceptors (Lipinski definition) is 3. The summed E-state index contributed by atoms with van der Waals surface area (Å²) in [6, 6.07) is 0. The van der Waals surface area contributed by atoms with Gasteiger partial charge < -0.3 is 4.40 Å². The zero-order valence-corrected chi connectivity index (χ0v) is 7.52. The van der Waals surface area contributed by atoms with Crippen molar-refractivity contribution >= 4 is 27.9 Å². The number of halogens is 1. The van der Waals surface area contributed by atoms with Crippen LogP contribution in [-0.4, -0.2) is 20.7 Å². The van der Waals surface area contributed by atoms with Crippen LogP contribution >= 0.6 is 15.9 Å². The maximum atomic E-state index is 10.4. The molecule has 0 fully saturated rings. The number of imidazole rings is 1. The number of hydrogen-bond donors (Lipinski definition) is 0. The quantitative estimate of drug-likeness (QED) is 0.688. The Labute approximate surface area is 76.4 Å². The lowest BCUT2D eigenvalue weighted by Crippen LogP contribution is -1.85. The van der Waals surface area contributed by atoms with Crippen LogP contribution in [0.1, 0.15) is 10.5 Å². The van der Waals surface area contributed by atoms with E-state index in [0.717, 1.165) is 0 Å². The van der Waals surface area contributed by atoms with Gasteiger partial charge in [-0.3, -0.25) is 4.79 Å². The summed E-state index contributed by atoms with van der Waals surface area (Å²) in [6.07, 6.45) is 5.72. The summed E-state index contributed by atoms with van der Waals surface area (Å²) < 4.78 is 2.37. The second-order valence-electron chi connectivity index (χ2n) is 2.23. The number of carbonyl (C=O) groups is 1. The second kappa shape index (κ2) is 2.67. The molecule has 0 saturated heterocycles. The smallest absolute Gasteiger partial charge is 0.170 e. The summed E-state index contributed by atoms with van der Waals surface area (Å²) in [5.41, 5.74) is 1.06. The van der Waals surface area contributed by atoms with E-state index in [0.29, 0.717) is 22.2 Å². The molecule has 4 nitrogen and oxygen atoms in total. The second-order valence-corrected chi connectivity index (χ2v) is 2.98. The molecule has 0 N–H and O–H groups in total. The third-order valence-corrected chi connectivity index (χ3v) is 2.03. The third kappa shape index (κ3) is 1.02. The highest BCUT2D eigenvalue weighted by molar-refractivity contribution is 9.10. The van der Waals surface area contributed by atoms with Crippen molar-refractivity contribution in [1.82, 2.24) is 14.4 Å². The zero-order valence-electron chi connectivity index (χ0n) is 5.94. The highest BCUT2D eigenvalue weighted by atomic mass is 79.9. The molecule has 0 unspecified atom stereocenters. The highest BCUT2D eigenvalue weighted by Gasteiger charge is 2.03. The van der Waals surface area contributed by atoms with Crippen LogP contribution in [0.15, 0.2) is 23.2 Å². The van der Waals surface area contributed by atoms with Gasteiger partial charge >= 0.3 is 0 Å². The minimum Gasteiger partial charge on any atom is -0.303 e. The van der Waals surface area contributed by atoms with E-state index in [1.54, 1.807) is 23.0 Å². The number of aldehydes is 1. The number of aromatic nitrogens is 3. The van der Waals surface area contributed by atoms with Gasteiger partial charge in [0.1, 0.15) is 10.3 Å². The number of nitrogens with zero attached hydrogens (tertiary/aromatic N) is 3. The van der Waals surface area contributed by atoms with Crippen LogP contribution in [0.3, 0.4) is 0 Å². The van der Waals surface area contributed by atoms with Gasteiger partial charge in [0.05, 0.1) is 0 Å². The highest BCUT2D eigenvalue weighted by Crippen LogP contribution is 2.12. The Bertz CT molecular complexity index is 437. The fraction of sp³-hybridized carbons (Fsp3) is 0. The first-order valence-corrected chi connectivity index (χ1v) is 4.05. The molecule has 0 aliphatic carbocycles. The Kier molecular flexibility index (Phi) is 1.65. The molecular formula is C7H4BrN3O. The Morgan fingerprint density at radius 3 is 3.08 bits per heavy atom. The largest absolute Gasteiger partial charge is 0.303 e. The molecule has 0 aliphatic rings. The molecule has 0 amide bonds. The van der Waals surface area contributed by atoms with Gasteiger partial charge in [-0.2, -0.15) is 0 Å². The summed E-state index contributed by atoms with van der Waals surface area (Å²) in [5.74, 6) is 0. The predicted octanol–water partition coefficient (Wildman–Crippen LogP) is 1.30. The number of rotatable bonds is 1. The molecular weight excluding hydrogens is 222 g/mol. The van der Waals surface area contributed by atoms with Crippen LogP contribution in [0.2, 0.25) is 0 Å². The van der Waals surface area contributed by atoms with Gasteiger partial charge in [-0.15, -0.1) is 0 Å². The summed E-state index contributed by atoms with van der Waals surface area (Å²) >= 11 is 3.23. The first-order valence-electron chi connectivity index (χ1n) is 3.25. The molecule has 0 aromatic carbocycles. The van der Waals surface area contributed by atoms with Crippen molar-refractivity contribution in [2.24, 2.45) is 0 Å². The molecule has 0 radical (unpaired) electrons. The Hall–Kier alpha value is -1.23. The van der Waals surface area contributed by atoms with E-state index in [2.05, 4.69) is 25.9 Å². The lowest BCUT2D eigenvalue weighted by molar-refractivity contribution is 0.111. The van der Waals surface area contributed by atoms with Crippen molar-refractivity contribution in [3.05, 3.63) is 28.9 Å². The van der Waals surface area contributed by atoms with E-state index in [1.807, 2.05) is 0 Å². The van der Waals surface area contributed by atoms with Crippen molar-refractivity contribution in [2.75, 3.05) is 0 Å². The maximum absolute atomic E-state index is 10.4. The molecule has 0 atom stereocenters. The molecule has 60 valence electrons. The van der Waals surface area contributed by atoms with Gasteiger partial charge in [-0.05, 0) is 15.9 Å². The normalized spacial score (nSPS) is 10.4. The van der Waals surface area contributed by atoms with Crippen molar-refractivity contribution in [3.8, 4) is 0 Å². The molecule has 0 aliphatic heterocycles. The molecule has 2 aromatic rings. The fourth-order valence-electron chi connectivity index (χ4n) is 0.964. The van der Waals surface area contributed by atoms with Gasteiger partial charge in [-0.1, -0.05) is 0 Å². The standard InChI is InChI=1S/C7H4BrN3O/c8-6-7-10-5(4-12)3-11(7)2-1-9-6/h1-4H. The molecule has 0 saturated carbocycles. The fourth-order valence-corrected chi connectivity index (χ4v) is 1.38. The van der Waals surface area contributed by atoms with Crippen molar-refractivity contribution in [2.45, 2.75) is 0 Å². The molecule has 2 rings (SSSR count). The Morgan fingerprint density at radius 1 is 1.58 bits per heavy atom. The average molecular weight is 226 g/mol. The maximum Gasteiger partial charge on any atom is 0.170 e. The monoisotopic (exact) mass is 225 g/mol. The van der Waals surface area contributed by atoms with E-state index in [-0.39, 0.29) is 0 Å². The van der Waals surface area contributed by atoms with Crippen LogP contribution in [-0.2, 0) is 0 Å². The SMILES string of the molecule is O=Cc1cn2ccnc(Br)c2n1. The summed E-state index contributed by atoms with van der Waals surface area (Å²) in [4.78, 5) is 18.4. The molecule has 5 heteroatoms. The molecule has 2 aromatic heterocycles. The van der Waals surface area contributed by atoms with E-state index in [1.165, 1.54) is 0 Å². The first-order chi connectivity index (χ1) is 5.81. The molecule has 12 heavy (non-hydrogen) atoms. The van der Waals surface area contributed by atoms with Gasteiger partial charge in [0.2, 0.25) is 0 Å².